The zero-order valence-electron chi connectivity index (χ0n) is 23.2. The van der Waals surface area contributed by atoms with Crippen LogP contribution in [0.3, 0.4) is 0 Å². The van der Waals surface area contributed by atoms with Crippen molar-refractivity contribution in [2.24, 2.45) is 0 Å². The minimum atomic E-state index is -4.16. The molecular weight excluding hydrogens is 526 g/mol. The zero-order valence-corrected chi connectivity index (χ0v) is 24.1. The summed E-state index contributed by atoms with van der Waals surface area (Å²) in [6.45, 7) is 3.21. The van der Waals surface area contributed by atoms with Gasteiger partial charge in [-0.25, -0.2) is 8.42 Å². The highest BCUT2D eigenvalue weighted by molar-refractivity contribution is 7.92. The van der Waals surface area contributed by atoms with Crippen molar-refractivity contribution in [2.45, 2.75) is 63.1 Å². The van der Waals surface area contributed by atoms with Crippen LogP contribution < -0.4 is 14.4 Å². The molecule has 3 aromatic rings. The largest absolute Gasteiger partial charge is 0.495 e. The van der Waals surface area contributed by atoms with Gasteiger partial charge in [-0.3, -0.25) is 13.9 Å². The van der Waals surface area contributed by atoms with Crippen LogP contribution in [0.4, 0.5) is 5.69 Å². The van der Waals surface area contributed by atoms with E-state index in [-0.39, 0.29) is 29.1 Å². The number of benzene rings is 3. The number of hydrogen-bond donors (Lipinski definition) is 1. The van der Waals surface area contributed by atoms with Crippen molar-refractivity contribution in [1.29, 1.82) is 0 Å². The predicted molar refractivity (Wildman–Crippen MR) is 156 cm³/mol. The number of aryl methyl sites for hydroxylation is 1. The SMILES string of the molecule is COc1ccccc1N(CC(=O)N(Cc1ccccc1)C(C)C(=O)NC1CCCC1)S(=O)(=O)c1ccc(C)cc1. The zero-order chi connectivity index (χ0) is 28.7. The van der Waals surface area contributed by atoms with Crippen LogP contribution in [0.1, 0.15) is 43.7 Å². The molecule has 212 valence electrons. The van der Waals surface area contributed by atoms with Crippen molar-refractivity contribution in [2.75, 3.05) is 18.0 Å². The molecule has 0 aliphatic heterocycles. The Kier molecular flexibility index (Phi) is 9.47. The highest BCUT2D eigenvalue weighted by Crippen LogP contribution is 2.32. The highest BCUT2D eigenvalue weighted by Gasteiger charge is 2.34. The number of anilines is 1. The minimum Gasteiger partial charge on any atom is -0.495 e. The summed E-state index contributed by atoms with van der Waals surface area (Å²) >= 11 is 0. The second-order valence-corrected chi connectivity index (χ2v) is 12.0. The lowest BCUT2D eigenvalue weighted by molar-refractivity contribution is -0.139. The maximum Gasteiger partial charge on any atom is 0.264 e. The lowest BCUT2D eigenvalue weighted by Gasteiger charge is -2.32. The molecule has 40 heavy (non-hydrogen) atoms. The fourth-order valence-corrected chi connectivity index (χ4v) is 6.37. The molecule has 0 aromatic heterocycles. The van der Waals surface area contributed by atoms with Gasteiger partial charge in [-0.05, 0) is 56.5 Å². The Hall–Kier alpha value is -3.85. The van der Waals surface area contributed by atoms with Gasteiger partial charge in [-0.15, -0.1) is 0 Å². The minimum absolute atomic E-state index is 0.0541. The Balaban J connectivity index is 1.70. The lowest BCUT2D eigenvalue weighted by Crippen LogP contribution is -2.52. The van der Waals surface area contributed by atoms with Gasteiger partial charge in [-0.2, -0.15) is 0 Å². The quantitative estimate of drug-likeness (QED) is 0.366. The molecule has 0 spiro atoms. The number of sulfonamides is 1. The normalized spacial score (nSPS) is 14.4. The third-order valence-electron chi connectivity index (χ3n) is 7.31. The van der Waals surface area contributed by atoms with Crippen LogP contribution in [0.2, 0.25) is 0 Å². The van der Waals surface area contributed by atoms with Gasteiger partial charge in [0.1, 0.15) is 18.3 Å². The number of nitrogens with one attached hydrogen (secondary N) is 1. The molecule has 1 aliphatic rings. The number of nitrogens with zero attached hydrogens (tertiary/aromatic N) is 2. The van der Waals surface area contributed by atoms with Gasteiger partial charge >= 0.3 is 0 Å². The van der Waals surface area contributed by atoms with Gasteiger partial charge < -0.3 is 15.0 Å². The molecule has 9 heteroatoms. The number of methoxy groups -OCH3 is 1. The molecule has 1 fully saturated rings. The second kappa shape index (κ2) is 13.0. The Morgan fingerprint density at radius 2 is 1.57 bits per heavy atom. The first-order valence-electron chi connectivity index (χ1n) is 13.6. The maximum atomic E-state index is 14.0. The molecule has 1 unspecified atom stereocenters. The van der Waals surface area contributed by atoms with Gasteiger partial charge in [0.25, 0.3) is 10.0 Å². The van der Waals surface area contributed by atoms with E-state index in [2.05, 4.69) is 5.32 Å². The molecule has 1 aliphatic carbocycles. The Bertz CT molecular complexity index is 1400. The van der Waals surface area contributed by atoms with Crippen molar-refractivity contribution in [1.82, 2.24) is 10.2 Å². The summed E-state index contributed by atoms with van der Waals surface area (Å²) in [5, 5.41) is 3.08. The highest BCUT2D eigenvalue weighted by atomic mass is 32.2. The van der Waals surface area contributed by atoms with Gasteiger partial charge in [0, 0.05) is 12.6 Å². The first kappa shape index (κ1) is 29.1. The van der Waals surface area contributed by atoms with E-state index >= 15 is 0 Å². The number of amides is 2. The van der Waals surface area contributed by atoms with Crippen LogP contribution in [-0.2, 0) is 26.2 Å². The van der Waals surface area contributed by atoms with Gasteiger partial charge in [0.15, 0.2) is 0 Å². The molecule has 3 aromatic carbocycles. The summed E-state index contributed by atoms with van der Waals surface area (Å²) in [4.78, 5) is 28.8. The van der Waals surface area contributed by atoms with E-state index in [0.717, 1.165) is 41.1 Å². The van der Waals surface area contributed by atoms with Crippen LogP contribution in [0.15, 0.2) is 83.8 Å². The summed E-state index contributed by atoms with van der Waals surface area (Å²) in [6.07, 6.45) is 3.97. The van der Waals surface area contributed by atoms with Crippen LogP contribution in [0.25, 0.3) is 0 Å². The molecule has 0 heterocycles. The Labute approximate surface area is 237 Å². The van der Waals surface area contributed by atoms with E-state index < -0.39 is 28.5 Å². The van der Waals surface area contributed by atoms with Crippen LogP contribution >= 0.6 is 0 Å². The van der Waals surface area contributed by atoms with Crippen molar-refractivity contribution in [3.05, 3.63) is 90.0 Å². The number of ether oxygens (including phenoxy) is 1. The summed E-state index contributed by atoms with van der Waals surface area (Å²) in [7, 11) is -2.71. The van der Waals surface area contributed by atoms with Crippen molar-refractivity contribution < 1.29 is 22.7 Å². The summed E-state index contributed by atoms with van der Waals surface area (Å²) in [6, 6.07) is 21.8. The van der Waals surface area contributed by atoms with Gasteiger partial charge in [0.2, 0.25) is 11.8 Å². The fraction of sp³-hybridized carbons (Fsp3) is 0.355. The Morgan fingerprint density at radius 1 is 0.950 bits per heavy atom. The van der Waals surface area contributed by atoms with Crippen LogP contribution in [0.5, 0.6) is 5.75 Å². The molecule has 1 atom stereocenters. The Morgan fingerprint density at radius 3 is 2.23 bits per heavy atom. The first-order valence-corrected chi connectivity index (χ1v) is 15.0. The third kappa shape index (κ3) is 6.83. The summed E-state index contributed by atoms with van der Waals surface area (Å²) in [5.74, 6) is -0.437. The molecule has 0 saturated heterocycles. The van der Waals surface area contributed by atoms with Crippen molar-refractivity contribution in [3.63, 3.8) is 0 Å². The van der Waals surface area contributed by atoms with Crippen LogP contribution in [-0.4, -0.2) is 50.9 Å². The second-order valence-electron chi connectivity index (χ2n) is 10.2. The average molecular weight is 564 g/mol. The number of rotatable bonds is 11. The molecular formula is C31H37N3O5S. The predicted octanol–water partition coefficient (Wildman–Crippen LogP) is 4.68. The van der Waals surface area contributed by atoms with E-state index in [9.17, 15) is 18.0 Å². The molecule has 1 N–H and O–H groups in total. The summed E-state index contributed by atoms with van der Waals surface area (Å²) < 4.78 is 34.5. The molecule has 4 rings (SSSR count). The number of carbonyl (C=O) groups is 2. The first-order chi connectivity index (χ1) is 19.2. The van der Waals surface area contributed by atoms with Crippen molar-refractivity contribution in [3.8, 4) is 5.75 Å². The van der Waals surface area contributed by atoms with Crippen molar-refractivity contribution >= 4 is 27.5 Å². The molecule has 0 bridgehead atoms. The summed E-state index contributed by atoms with van der Waals surface area (Å²) in [5.41, 5.74) is 1.98. The van der Waals surface area contributed by atoms with E-state index in [0.29, 0.717) is 5.75 Å². The maximum absolute atomic E-state index is 14.0. The fourth-order valence-electron chi connectivity index (χ4n) is 4.94. The van der Waals surface area contributed by atoms with Gasteiger partial charge in [0.05, 0.1) is 17.7 Å². The monoisotopic (exact) mass is 563 g/mol. The number of carbonyl (C=O) groups excluding carboxylic acids is 2. The van der Waals surface area contributed by atoms with E-state index in [1.54, 1.807) is 43.3 Å². The standard InChI is InChI=1S/C31H37N3O5S/c1-23-17-19-27(20-18-23)40(37,38)34(28-15-9-10-16-29(28)39-3)22-30(35)33(21-25-11-5-4-6-12-25)24(2)31(36)32-26-13-7-8-14-26/h4-6,9-12,15-20,24,26H,7-8,13-14,21-22H2,1-3H3,(H,32,36). The smallest absolute Gasteiger partial charge is 0.264 e. The van der Waals surface area contributed by atoms with E-state index in [1.807, 2.05) is 37.3 Å². The topological polar surface area (TPSA) is 96.0 Å². The lowest BCUT2D eigenvalue weighted by atomic mass is 10.1. The molecule has 1 saturated carbocycles. The van der Waals surface area contributed by atoms with Gasteiger partial charge in [-0.1, -0.05) is 73.0 Å². The van der Waals surface area contributed by atoms with E-state index in [4.69, 9.17) is 4.74 Å². The number of para-hydroxylation sites is 2. The number of hydrogen-bond acceptors (Lipinski definition) is 5. The average Bonchev–Trinajstić information content (AvgIpc) is 3.48. The third-order valence-corrected chi connectivity index (χ3v) is 9.08. The van der Waals surface area contributed by atoms with E-state index in [1.165, 1.54) is 24.1 Å². The molecule has 0 radical (unpaired) electrons. The molecule has 8 nitrogen and oxygen atoms in total. The molecule has 2 amide bonds. The van der Waals surface area contributed by atoms with Crippen LogP contribution in [0, 0.1) is 6.92 Å².